The first kappa shape index (κ1) is 12.3. The highest BCUT2D eigenvalue weighted by atomic mass is 16.5. The van der Waals surface area contributed by atoms with Gasteiger partial charge in [0.15, 0.2) is 0 Å². The van der Waals surface area contributed by atoms with Gasteiger partial charge in [0.25, 0.3) is 5.91 Å². The van der Waals surface area contributed by atoms with Gasteiger partial charge in [0.2, 0.25) is 0 Å². The van der Waals surface area contributed by atoms with Gasteiger partial charge in [-0.25, -0.2) is 0 Å². The SMILES string of the molecule is COC(=O)[C@@H]1[C@H]2CC[C@@H](C2)[C@H]1NC(=O)c1ccoc1. The van der Waals surface area contributed by atoms with Gasteiger partial charge in [0, 0.05) is 6.04 Å². The Balaban J connectivity index is 1.75. The highest BCUT2D eigenvalue weighted by Gasteiger charge is 2.52. The third-order valence-electron chi connectivity index (χ3n) is 4.47. The molecule has 1 aromatic rings. The van der Waals surface area contributed by atoms with Gasteiger partial charge < -0.3 is 14.5 Å². The van der Waals surface area contributed by atoms with E-state index in [0.29, 0.717) is 17.4 Å². The highest BCUT2D eigenvalue weighted by molar-refractivity contribution is 5.94. The van der Waals surface area contributed by atoms with Gasteiger partial charge in [-0.05, 0) is 37.2 Å². The van der Waals surface area contributed by atoms with E-state index in [2.05, 4.69) is 5.32 Å². The Kier molecular flexibility index (Phi) is 3.05. The lowest BCUT2D eigenvalue weighted by molar-refractivity contribution is -0.148. The van der Waals surface area contributed by atoms with Crippen LogP contribution in [0.15, 0.2) is 23.0 Å². The van der Waals surface area contributed by atoms with Gasteiger partial charge in [-0.1, -0.05) is 0 Å². The lowest BCUT2D eigenvalue weighted by Gasteiger charge is -2.29. The minimum atomic E-state index is -0.204. The molecule has 1 N–H and O–H groups in total. The molecule has 2 bridgehead atoms. The van der Waals surface area contributed by atoms with Crippen molar-refractivity contribution in [3.05, 3.63) is 24.2 Å². The molecule has 0 aliphatic heterocycles. The van der Waals surface area contributed by atoms with Gasteiger partial charge in [0.1, 0.15) is 6.26 Å². The van der Waals surface area contributed by atoms with Crippen LogP contribution in [0.25, 0.3) is 0 Å². The maximum absolute atomic E-state index is 12.1. The Hall–Kier alpha value is -1.78. The number of hydrogen-bond acceptors (Lipinski definition) is 4. The standard InChI is InChI=1S/C14H17NO4/c1-18-14(17)11-8-2-3-9(6-8)12(11)15-13(16)10-4-5-19-7-10/h4-5,7-9,11-12H,2-3,6H2,1H3,(H,15,16)/t8-,9-,11+,12+/m0/s1. The van der Waals surface area contributed by atoms with Crippen LogP contribution in [0.1, 0.15) is 29.6 Å². The number of nitrogens with one attached hydrogen (secondary N) is 1. The number of ether oxygens (including phenoxy) is 1. The van der Waals surface area contributed by atoms with Crippen LogP contribution in [0.4, 0.5) is 0 Å². The van der Waals surface area contributed by atoms with Crippen molar-refractivity contribution < 1.29 is 18.7 Å². The monoisotopic (exact) mass is 263 g/mol. The average Bonchev–Trinajstić information content (AvgIpc) is 3.13. The number of esters is 1. The molecule has 1 heterocycles. The smallest absolute Gasteiger partial charge is 0.311 e. The zero-order valence-electron chi connectivity index (χ0n) is 10.8. The summed E-state index contributed by atoms with van der Waals surface area (Å²) in [5, 5.41) is 2.98. The largest absolute Gasteiger partial charge is 0.472 e. The predicted molar refractivity (Wildman–Crippen MR) is 66.3 cm³/mol. The fourth-order valence-corrected chi connectivity index (χ4v) is 3.60. The summed E-state index contributed by atoms with van der Waals surface area (Å²) in [6.07, 6.45) is 6.02. The Morgan fingerprint density at radius 2 is 2.16 bits per heavy atom. The highest BCUT2D eigenvalue weighted by Crippen LogP contribution is 2.48. The number of fused-ring (bicyclic) bond motifs is 2. The number of carbonyl (C=O) groups is 2. The second-order valence-electron chi connectivity index (χ2n) is 5.39. The molecule has 4 atom stereocenters. The lowest BCUT2D eigenvalue weighted by atomic mass is 9.84. The number of furan rings is 1. The van der Waals surface area contributed by atoms with Crippen molar-refractivity contribution in [1.29, 1.82) is 0 Å². The van der Waals surface area contributed by atoms with E-state index < -0.39 is 0 Å². The van der Waals surface area contributed by atoms with Crippen molar-refractivity contribution in [2.24, 2.45) is 17.8 Å². The predicted octanol–water partition coefficient (Wildman–Crippen LogP) is 1.60. The Labute approximate surface area is 111 Å². The molecule has 1 amide bonds. The van der Waals surface area contributed by atoms with E-state index in [0.717, 1.165) is 19.3 Å². The molecule has 0 spiro atoms. The van der Waals surface area contributed by atoms with Crippen molar-refractivity contribution in [2.75, 3.05) is 7.11 Å². The summed E-state index contributed by atoms with van der Waals surface area (Å²) in [5.41, 5.74) is 0.492. The Bertz CT molecular complexity index is 482. The summed E-state index contributed by atoms with van der Waals surface area (Å²) >= 11 is 0. The summed E-state index contributed by atoms with van der Waals surface area (Å²) in [5.74, 6) is 0.168. The second kappa shape index (κ2) is 4.72. The van der Waals surface area contributed by atoms with Crippen LogP contribution in [-0.4, -0.2) is 25.0 Å². The molecule has 5 heteroatoms. The maximum Gasteiger partial charge on any atom is 0.311 e. The molecular formula is C14H17NO4. The fourth-order valence-electron chi connectivity index (χ4n) is 3.60. The molecule has 3 rings (SSSR count). The number of rotatable bonds is 3. The summed E-state index contributed by atoms with van der Waals surface area (Å²) in [6, 6.07) is 1.52. The molecule has 2 aliphatic rings. The molecule has 1 aromatic heterocycles. The Morgan fingerprint density at radius 1 is 1.37 bits per heavy atom. The van der Waals surface area contributed by atoms with Gasteiger partial charge >= 0.3 is 5.97 Å². The van der Waals surface area contributed by atoms with Gasteiger partial charge in [-0.2, -0.15) is 0 Å². The van der Waals surface area contributed by atoms with E-state index >= 15 is 0 Å². The summed E-state index contributed by atoms with van der Waals surface area (Å²) < 4.78 is 9.79. The molecule has 19 heavy (non-hydrogen) atoms. The van der Waals surface area contributed by atoms with Crippen LogP contribution in [0, 0.1) is 17.8 Å². The minimum Gasteiger partial charge on any atom is -0.472 e. The second-order valence-corrected chi connectivity index (χ2v) is 5.39. The topological polar surface area (TPSA) is 68.5 Å². The average molecular weight is 263 g/mol. The molecule has 0 unspecified atom stereocenters. The summed E-state index contributed by atoms with van der Waals surface area (Å²) in [4.78, 5) is 24.0. The molecule has 0 saturated heterocycles. The van der Waals surface area contributed by atoms with Crippen LogP contribution in [-0.2, 0) is 9.53 Å². The van der Waals surface area contributed by atoms with E-state index in [1.54, 1.807) is 6.07 Å². The van der Waals surface area contributed by atoms with Crippen LogP contribution in [0.2, 0.25) is 0 Å². The number of methoxy groups -OCH3 is 1. The van der Waals surface area contributed by atoms with Gasteiger partial charge in [-0.15, -0.1) is 0 Å². The molecule has 0 aromatic carbocycles. The van der Waals surface area contributed by atoms with E-state index in [4.69, 9.17) is 9.15 Å². The lowest BCUT2D eigenvalue weighted by Crippen LogP contribution is -2.47. The molecule has 2 saturated carbocycles. The van der Waals surface area contributed by atoms with Crippen LogP contribution >= 0.6 is 0 Å². The first-order valence-electron chi connectivity index (χ1n) is 6.61. The molecule has 0 radical (unpaired) electrons. The third-order valence-corrected chi connectivity index (χ3v) is 4.47. The fraction of sp³-hybridized carbons (Fsp3) is 0.571. The molecule has 2 fully saturated rings. The zero-order chi connectivity index (χ0) is 13.4. The van der Waals surface area contributed by atoms with E-state index in [1.807, 2.05) is 0 Å². The van der Waals surface area contributed by atoms with Crippen molar-refractivity contribution in [1.82, 2.24) is 5.32 Å². The van der Waals surface area contributed by atoms with Crippen LogP contribution in [0.3, 0.4) is 0 Å². The van der Waals surface area contributed by atoms with E-state index in [-0.39, 0.29) is 23.8 Å². The van der Waals surface area contributed by atoms with Crippen LogP contribution in [0.5, 0.6) is 0 Å². The number of hydrogen-bond donors (Lipinski definition) is 1. The summed E-state index contributed by atoms with van der Waals surface area (Å²) in [6.45, 7) is 0. The quantitative estimate of drug-likeness (QED) is 0.841. The maximum atomic E-state index is 12.1. The molecular weight excluding hydrogens is 246 g/mol. The van der Waals surface area contributed by atoms with Crippen LogP contribution < -0.4 is 5.32 Å². The van der Waals surface area contributed by atoms with Gasteiger partial charge in [-0.3, -0.25) is 9.59 Å². The normalized spacial score (nSPS) is 32.3. The first-order chi connectivity index (χ1) is 9.20. The van der Waals surface area contributed by atoms with E-state index in [9.17, 15) is 9.59 Å². The van der Waals surface area contributed by atoms with Crippen molar-refractivity contribution >= 4 is 11.9 Å². The van der Waals surface area contributed by atoms with Gasteiger partial charge in [0.05, 0.1) is 24.9 Å². The molecule has 2 aliphatic carbocycles. The zero-order valence-corrected chi connectivity index (χ0v) is 10.8. The molecule has 5 nitrogen and oxygen atoms in total. The molecule has 102 valence electrons. The Morgan fingerprint density at radius 3 is 2.84 bits per heavy atom. The van der Waals surface area contributed by atoms with Crippen molar-refractivity contribution in [3.63, 3.8) is 0 Å². The third kappa shape index (κ3) is 2.03. The first-order valence-corrected chi connectivity index (χ1v) is 6.61. The van der Waals surface area contributed by atoms with Crippen molar-refractivity contribution in [3.8, 4) is 0 Å². The number of carbonyl (C=O) groups excluding carboxylic acids is 2. The van der Waals surface area contributed by atoms with Crippen molar-refractivity contribution in [2.45, 2.75) is 25.3 Å². The van der Waals surface area contributed by atoms with E-state index in [1.165, 1.54) is 19.6 Å². The summed E-state index contributed by atoms with van der Waals surface area (Å²) in [7, 11) is 1.41. The minimum absolute atomic E-state index is 0.103. The number of amides is 1.